The number of rotatable bonds is 4. The molecule has 0 radical (unpaired) electrons. The maximum Gasteiger partial charge on any atom is 0.125 e. The number of thiazole rings is 1. The summed E-state index contributed by atoms with van der Waals surface area (Å²) in [6, 6.07) is 5.05. The minimum atomic E-state index is -0.167. The number of aromatic nitrogens is 1. The summed E-state index contributed by atoms with van der Waals surface area (Å²) in [6.45, 7) is 2.50. The van der Waals surface area contributed by atoms with Gasteiger partial charge in [-0.3, -0.25) is 0 Å². The van der Waals surface area contributed by atoms with Crippen LogP contribution in [-0.4, -0.2) is 18.6 Å². The van der Waals surface area contributed by atoms with Crippen LogP contribution in [0.4, 0.5) is 10.1 Å². The average molecular weight is 277 g/mol. The number of nitrogens with zero attached hydrogens (tertiary/aromatic N) is 2. The topological polar surface area (TPSA) is 28.2 Å². The highest BCUT2D eigenvalue weighted by Crippen LogP contribution is 2.30. The molecule has 0 amide bonds. The summed E-state index contributed by atoms with van der Waals surface area (Å²) in [5, 5.41) is 6.28. The maximum atomic E-state index is 13.3. The summed E-state index contributed by atoms with van der Waals surface area (Å²) in [5.74, 6) is -0.167. The number of hydrogen-bond acceptors (Lipinski definition) is 4. The first kappa shape index (κ1) is 12.6. The number of nitrogens with one attached hydrogen (secondary N) is 1. The quantitative estimate of drug-likeness (QED) is 0.931. The Morgan fingerprint density at radius 1 is 1.47 bits per heavy atom. The van der Waals surface area contributed by atoms with Gasteiger partial charge in [0.05, 0.1) is 12.2 Å². The summed E-state index contributed by atoms with van der Waals surface area (Å²) < 4.78 is 13.3. The summed E-state index contributed by atoms with van der Waals surface area (Å²) >= 11 is 1.67. The molecule has 1 aliphatic heterocycles. The van der Waals surface area contributed by atoms with E-state index in [1.54, 1.807) is 17.4 Å². The van der Waals surface area contributed by atoms with Crippen molar-refractivity contribution >= 4 is 17.0 Å². The first-order valence-corrected chi connectivity index (χ1v) is 7.25. The fourth-order valence-corrected chi connectivity index (χ4v) is 3.23. The van der Waals surface area contributed by atoms with Gasteiger partial charge >= 0.3 is 0 Å². The Hall–Kier alpha value is -1.46. The van der Waals surface area contributed by atoms with Crippen LogP contribution in [0.15, 0.2) is 23.6 Å². The van der Waals surface area contributed by atoms with Crippen LogP contribution in [0.5, 0.6) is 0 Å². The zero-order valence-corrected chi connectivity index (χ0v) is 11.6. The predicted molar refractivity (Wildman–Crippen MR) is 76.0 cm³/mol. The number of anilines is 1. The molecule has 3 nitrogen and oxygen atoms in total. The Bertz CT molecular complexity index is 582. The van der Waals surface area contributed by atoms with Crippen LogP contribution in [0.3, 0.4) is 0 Å². The molecule has 0 fully saturated rings. The second kappa shape index (κ2) is 5.27. The average Bonchev–Trinajstić information content (AvgIpc) is 2.98. The lowest BCUT2D eigenvalue weighted by Crippen LogP contribution is -2.20. The number of halogens is 1. The van der Waals surface area contributed by atoms with E-state index in [0.717, 1.165) is 42.4 Å². The van der Waals surface area contributed by atoms with E-state index in [-0.39, 0.29) is 5.82 Å². The first-order chi connectivity index (χ1) is 9.26. The van der Waals surface area contributed by atoms with Crippen LogP contribution in [0.1, 0.15) is 16.3 Å². The Morgan fingerprint density at radius 2 is 2.37 bits per heavy atom. The highest BCUT2D eigenvalue weighted by Gasteiger charge is 2.20. The third-order valence-corrected chi connectivity index (χ3v) is 4.22. The van der Waals surface area contributed by atoms with Crippen LogP contribution >= 0.6 is 11.3 Å². The molecule has 19 heavy (non-hydrogen) atoms. The molecule has 0 atom stereocenters. The van der Waals surface area contributed by atoms with Gasteiger partial charge in [-0.15, -0.1) is 11.3 Å². The zero-order valence-electron chi connectivity index (χ0n) is 10.8. The van der Waals surface area contributed by atoms with Crippen molar-refractivity contribution < 1.29 is 4.39 Å². The molecule has 3 rings (SSSR count). The summed E-state index contributed by atoms with van der Waals surface area (Å²) in [5.41, 5.74) is 3.31. The lowest BCUT2D eigenvalue weighted by Gasteiger charge is -2.17. The van der Waals surface area contributed by atoms with E-state index in [9.17, 15) is 4.39 Å². The second-order valence-electron chi connectivity index (χ2n) is 4.71. The van der Waals surface area contributed by atoms with Gasteiger partial charge in [0, 0.05) is 24.2 Å². The lowest BCUT2D eigenvalue weighted by atomic mass is 10.2. The SMILES string of the molecule is CNCc1nc(CN2CCc3ccc(F)cc32)cs1. The van der Waals surface area contributed by atoms with Gasteiger partial charge in [-0.1, -0.05) is 6.07 Å². The molecular formula is C14H16FN3S. The van der Waals surface area contributed by atoms with Crippen molar-refractivity contribution in [1.82, 2.24) is 10.3 Å². The summed E-state index contributed by atoms with van der Waals surface area (Å²) in [6.07, 6.45) is 0.989. The summed E-state index contributed by atoms with van der Waals surface area (Å²) in [4.78, 5) is 6.78. The van der Waals surface area contributed by atoms with Gasteiger partial charge in [0.15, 0.2) is 0 Å². The van der Waals surface area contributed by atoms with Gasteiger partial charge in [0.2, 0.25) is 0 Å². The lowest BCUT2D eigenvalue weighted by molar-refractivity contribution is 0.627. The van der Waals surface area contributed by atoms with Crippen LogP contribution in [0.25, 0.3) is 0 Å². The van der Waals surface area contributed by atoms with Gasteiger partial charge in [-0.05, 0) is 31.2 Å². The van der Waals surface area contributed by atoms with Crippen molar-refractivity contribution in [3.05, 3.63) is 45.7 Å². The van der Waals surface area contributed by atoms with Crippen molar-refractivity contribution in [2.75, 3.05) is 18.5 Å². The largest absolute Gasteiger partial charge is 0.365 e. The van der Waals surface area contributed by atoms with Crippen LogP contribution in [0, 0.1) is 5.82 Å². The zero-order chi connectivity index (χ0) is 13.2. The van der Waals surface area contributed by atoms with Crippen molar-refractivity contribution in [2.24, 2.45) is 0 Å². The van der Waals surface area contributed by atoms with Crippen LogP contribution in [0.2, 0.25) is 0 Å². The molecule has 1 aromatic carbocycles. The summed E-state index contributed by atoms with van der Waals surface area (Å²) in [7, 11) is 1.92. The highest BCUT2D eigenvalue weighted by atomic mass is 32.1. The number of hydrogen-bond donors (Lipinski definition) is 1. The van der Waals surface area contributed by atoms with Gasteiger partial charge in [-0.25, -0.2) is 9.37 Å². The van der Waals surface area contributed by atoms with Gasteiger partial charge in [-0.2, -0.15) is 0 Å². The minimum absolute atomic E-state index is 0.167. The fraction of sp³-hybridized carbons (Fsp3) is 0.357. The van der Waals surface area contributed by atoms with E-state index in [1.807, 2.05) is 13.1 Å². The molecule has 100 valence electrons. The molecule has 0 bridgehead atoms. The molecule has 2 aromatic rings. The maximum absolute atomic E-state index is 13.3. The Kier molecular flexibility index (Phi) is 3.48. The third kappa shape index (κ3) is 2.62. The van der Waals surface area contributed by atoms with Crippen molar-refractivity contribution in [2.45, 2.75) is 19.5 Å². The molecule has 0 saturated heterocycles. The molecule has 1 N–H and O–H groups in total. The molecule has 0 saturated carbocycles. The van der Waals surface area contributed by atoms with E-state index >= 15 is 0 Å². The molecule has 2 heterocycles. The van der Waals surface area contributed by atoms with Gasteiger partial charge in [0.25, 0.3) is 0 Å². The van der Waals surface area contributed by atoms with Crippen LogP contribution < -0.4 is 10.2 Å². The Morgan fingerprint density at radius 3 is 3.21 bits per heavy atom. The van der Waals surface area contributed by atoms with E-state index in [2.05, 4.69) is 20.6 Å². The molecule has 1 aliphatic rings. The smallest absolute Gasteiger partial charge is 0.125 e. The molecular weight excluding hydrogens is 261 g/mol. The molecule has 0 aliphatic carbocycles. The van der Waals surface area contributed by atoms with E-state index in [4.69, 9.17) is 0 Å². The van der Waals surface area contributed by atoms with Crippen molar-refractivity contribution in [1.29, 1.82) is 0 Å². The van der Waals surface area contributed by atoms with Gasteiger partial charge in [0.1, 0.15) is 10.8 Å². The van der Waals surface area contributed by atoms with Crippen molar-refractivity contribution in [3.63, 3.8) is 0 Å². The highest BCUT2D eigenvalue weighted by molar-refractivity contribution is 7.09. The van der Waals surface area contributed by atoms with E-state index in [0.29, 0.717) is 0 Å². The fourth-order valence-electron chi connectivity index (χ4n) is 2.43. The van der Waals surface area contributed by atoms with Crippen molar-refractivity contribution in [3.8, 4) is 0 Å². The number of benzene rings is 1. The van der Waals surface area contributed by atoms with E-state index < -0.39 is 0 Å². The molecule has 1 aromatic heterocycles. The molecule has 0 spiro atoms. The normalized spacial score (nSPS) is 13.9. The second-order valence-corrected chi connectivity index (χ2v) is 5.65. The Balaban J connectivity index is 1.76. The van der Waals surface area contributed by atoms with Gasteiger partial charge < -0.3 is 10.2 Å². The van der Waals surface area contributed by atoms with Crippen LogP contribution in [-0.2, 0) is 19.5 Å². The molecule has 5 heteroatoms. The number of fused-ring (bicyclic) bond motifs is 1. The predicted octanol–water partition coefficient (Wildman–Crippen LogP) is 2.56. The minimum Gasteiger partial charge on any atom is -0.365 e. The van der Waals surface area contributed by atoms with E-state index in [1.165, 1.54) is 11.6 Å². The Labute approximate surface area is 116 Å². The first-order valence-electron chi connectivity index (χ1n) is 6.37. The molecule has 0 unspecified atom stereocenters. The monoisotopic (exact) mass is 277 g/mol. The standard InChI is InChI=1S/C14H16FN3S/c1-16-7-14-17-12(9-19-14)8-18-5-4-10-2-3-11(15)6-13(10)18/h2-3,6,9,16H,4-5,7-8H2,1H3. The third-order valence-electron chi connectivity index (χ3n) is 3.32.